The lowest BCUT2D eigenvalue weighted by molar-refractivity contribution is -0.139. The average Bonchev–Trinajstić information content (AvgIpc) is 3.23. The van der Waals surface area contributed by atoms with Crippen LogP contribution >= 0.6 is 11.6 Å². The molecule has 1 amide bonds. The van der Waals surface area contributed by atoms with Crippen molar-refractivity contribution in [3.05, 3.63) is 58.6 Å². The topological polar surface area (TPSA) is 76.1 Å². The predicted molar refractivity (Wildman–Crippen MR) is 110 cm³/mol. The van der Waals surface area contributed by atoms with Crippen LogP contribution in [-0.4, -0.2) is 47.7 Å². The van der Waals surface area contributed by atoms with Gasteiger partial charge in [-0.3, -0.25) is 4.79 Å². The van der Waals surface area contributed by atoms with Crippen molar-refractivity contribution >= 4 is 23.5 Å². The molecule has 1 N–H and O–H groups in total. The molecule has 3 rings (SSSR count). The van der Waals surface area contributed by atoms with Gasteiger partial charge in [-0.25, -0.2) is 4.79 Å². The molecule has 0 radical (unpaired) electrons. The minimum absolute atomic E-state index is 0.00876. The Morgan fingerprint density at radius 3 is 2.55 bits per heavy atom. The maximum Gasteiger partial charge on any atom is 0.341 e. The molecule has 1 heterocycles. The third-order valence-electron chi connectivity index (χ3n) is 4.80. The van der Waals surface area contributed by atoms with Crippen LogP contribution in [-0.2, 0) is 16.0 Å². The fourth-order valence-corrected chi connectivity index (χ4v) is 3.57. The molecule has 7 heteroatoms. The number of benzene rings is 2. The Balaban J connectivity index is 1.78. The van der Waals surface area contributed by atoms with Crippen molar-refractivity contribution in [2.75, 3.05) is 19.7 Å². The van der Waals surface area contributed by atoms with E-state index in [1.54, 1.807) is 25.1 Å². The van der Waals surface area contributed by atoms with Crippen molar-refractivity contribution in [1.82, 2.24) is 4.90 Å². The molecule has 0 bridgehead atoms. The molecule has 1 aliphatic rings. The molecule has 0 spiro atoms. The number of para-hydroxylation sites is 1. The lowest BCUT2D eigenvalue weighted by atomic mass is 10.0. The molecule has 0 aliphatic carbocycles. The molecule has 1 atom stereocenters. The lowest BCUT2D eigenvalue weighted by Crippen LogP contribution is -2.38. The van der Waals surface area contributed by atoms with E-state index in [9.17, 15) is 9.59 Å². The summed E-state index contributed by atoms with van der Waals surface area (Å²) < 4.78 is 11.4. The van der Waals surface area contributed by atoms with Gasteiger partial charge in [0.15, 0.2) is 12.7 Å². The Hall–Kier alpha value is -2.73. The first kappa shape index (κ1) is 21.0. The van der Waals surface area contributed by atoms with Gasteiger partial charge in [-0.15, -0.1) is 0 Å². The molecule has 1 saturated heterocycles. The fraction of sp³-hybridized carbons (Fsp3) is 0.364. The molecule has 1 fully saturated rings. The summed E-state index contributed by atoms with van der Waals surface area (Å²) in [6, 6.07) is 12.5. The number of amides is 1. The monoisotopic (exact) mass is 417 g/mol. The summed E-state index contributed by atoms with van der Waals surface area (Å²) in [7, 11) is 0. The minimum Gasteiger partial charge on any atom is -0.482 e. The highest BCUT2D eigenvalue weighted by Crippen LogP contribution is 2.29. The van der Waals surface area contributed by atoms with Crippen LogP contribution in [0.5, 0.6) is 11.5 Å². The van der Waals surface area contributed by atoms with Gasteiger partial charge in [-0.05, 0) is 49.6 Å². The van der Waals surface area contributed by atoms with Gasteiger partial charge in [0.2, 0.25) is 0 Å². The number of rotatable bonds is 8. The number of carboxylic acids is 1. The fourth-order valence-electron chi connectivity index (χ4n) is 3.37. The molecule has 29 heavy (non-hydrogen) atoms. The van der Waals surface area contributed by atoms with Gasteiger partial charge in [0.1, 0.15) is 11.5 Å². The Bertz CT molecular complexity index is 879. The zero-order valence-corrected chi connectivity index (χ0v) is 17.0. The first-order valence-electron chi connectivity index (χ1n) is 9.60. The van der Waals surface area contributed by atoms with E-state index in [1.165, 1.54) is 0 Å². The molecule has 0 aromatic heterocycles. The maximum absolute atomic E-state index is 12.6. The summed E-state index contributed by atoms with van der Waals surface area (Å²) in [5, 5.41) is 9.41. The molecule has 1 aliphatic heterocycles. The van der Waals surface area contributed by atoms with E-state index in [0.29, 0.717) is 22.9 Å². The Kier molecular flexibility index (Phi) is 6.99. The first-order chi connectivity index (χ1) is 13.9. The zero-order chi connectivity index (χ0) is 20.8. The number of ether oxygens (including phenoxy) is 2. The number of hydrogen-bond donors (Lipinski definition) is 1. The number of carbonyl (C=O) groups is 2. The van der Waals surface area contributed by atoms with Gasteiger partial charge in [-0.2, -0.15) is 0 Å². The molecule has 2 aromatic rings. The summed E-state index contributed by atoms with van der Waals surface area (Å²) in [6.07, 6.45) is 1.90. The maximum atomic E-state index is 12.6. The van der Waals surface area contributed by atoms with E-state index in [0.717, 1.165) is 37.1 Å². The molecule has 1 unspecified atom stereocenters. The summed E-state index contributed by atoms with van der Waals surface area (Å²) in [6.45, 7) is 2.88. The largest absolute Gasteiger partial charge is 0.482 e. The molecular formula is C22H24ClNO5. The van der Waals surface area contributed by atoms with Gasteiger partial charge in [0.25, 0.3) is 5.91 Å². The highest BCUT2D eigenvalue weighted by atomic mass is 35.5. The van der Waals surface area contributed by atoms with Gasteiger partial charge in [0, 0.05) is 30.1 Å². The van der Waals surface area contributed by atoms with Crippen molar-refractivity contribution in [2.45, 2.75) is 32.3 Å². The van der Waals surface area contributed by atoms with Crippen LogP contribution in [0.15, 0.2) is 42.5 Å². The summed E-state index contributed by atoms with van der Waals surface area (Å²) >= 11 is 6.13. The number of nitrogens with zero attached hydrogens (tertiary/aromatic N) is 1. The van der Waals surface area contributed by atoms with E-state index in [4.69, 9.17) is 26.2 Å². The van der Waals surface area contributed by atoms with Crippen LogP contribution in [0.4, 0.5) is 0 Å². The quantitative estimate of drug-likeness (QED) is 0.707. The van der Waals surface area contributed by atoms with Gasteiger partial charge >= 0.3 is 5.97 Å². The van der Waals surface area contributed by atoms with Gasteiger partial charge in [-0.1, -0.05) is 29.8 Å². The van der Waals surface area contributed by atoms with Gasteiger partial charge < -0.3 is 19.5 Å². The van der Waals surface area contributed by atoms with E-state index < -0.39 is 18.7 Å². The number of carbonyl (C=O) groups excluding carboxylic acids is 1. The number of hydrogen-bond acceptors (Lipinski definition) is 4. The number of aliphatic carboxylic acids is 1. The highest BCUT2D eigenvalue weighted by molar-refractivity contribution is 6.30. The van der Waals surface area contributed by atoms with Crippen LogP contribution in [0, 0.1) is 0 Å². The molecular weight excluding hydrogens is 394 g/mol. The molecule has 6 nitrogen and oxygen atoms in total. The third-order valence-corrected chi connectivity index (χ3v) is 5.03. The highest BCUT2D eigenvalue weighted by Gasteiger charge is 2.25. The van der Waals surface area contributed by atoms with Crippen LogP contribution in [0.3, 0.4) is 0 Å². The second kappa shape index (κ2) is 9.65. The van der Waals surface area contributed by atoms with Crippen molar-refractivity contribution in [3.63, 3.8) is 0 Å². The SMILES string of the molecule is CC(Oc1ccccc1Cc1cc(Cl)ccc1OCC(=O)O)C(=O)N1CCCC1. The third kappa shape index (κ3) is 5.64. The van der Waals surface area contributed by atoms with Crippen molar-refractivity contribution < 1.29 is 24.2 Å². The van der Waals surface area contributed by atoms with E-state index in [1.807, 2.05) is 29.2 Å². The Labute approximate surface area is 175 Å². The number of halogens is 1. The summed E-state index contributed by atoms with van der Waals surface area (Å²) in [5.74, 6) is -0.000996. The standard InChI is InChI=1S/C22H24ClNO5/c1-15(22(27)24-10-4-5-11-24)29-20-7-3-2-6-16(20)12-17-13-18(23)8-9-19(17)28-14-21(25)26/h2-3,6-9,13,15H,4-5,10-12,14H2,1H3,(H,25,26). The minimum atomic E-state index is -1.05. The Morgan fingerprint density at radius 2 is 1.83 bits per heavy atom. The van der Waals surface area contributed by atoms with Crippen LogP contribution < -0.4 is 9.47 Å². The summed E-state index contributed by atoms with van der Waals surface area (Å²) in [5.41, 5.74) is 1.60. The van der Waals surface area contributed by atoms with E-state index >= 15 is 0 Å². The second-order valence-corrected chi connectivity index (χ2v) is 7.45. The molecule has 2 aromatic carbocycles. The smallest absolute Gasteiger partial charge is 0.341 e. The normalized spacial score (nSPS) is 14.5. The number of carboxylic acid groups (broad SMARTS) is 1. The van der Waals surface area contributed by atoms with E-state index in [2.05, 4.69) is 0 Å². The lowest BCUT2D eigenvalue weighted by Gasteiger charge is -2.22. The van der Waals surface area contributed by atoms with Crippen molar-refractivity contribution in [1.29, 1.82) is 0 Å². The zero-order valence-electron chi connectivity index (χ0n) is 16.3. The molecule has 0 saturated carbocycles. The van der Waals surface area contributed by atoms with E-state index in [-0.39, 0.29) is 5.91 Å². The Morgan fingerprint density at radius 1 is 1.10 bits per heavy atom. The second-order valence-electron chi connectivity index (χ2n) is 7.01. The molecule has 154 valence electrons. The average molecular weight is 418 g/mol. The van der Waals surface area contributed by atoms with Gasteiger partial charge in [0.05, 0.1) is 0 Å². The van der Waals surface area contributed by atoms with Crippen molar-refractivity contribution in [3.8, 4) is 11.5 Å². The van der Waals surface area contributed by atoms with Crippen molar-refractivity contribution in [2.24, 2.45) is 0 Å². The van der Waals surface area contributed by atoms with Crippen LogP contribution in [0.1, 0.15) is 30.9 Å². The first-order valence-corrected chi connectivity index (χ1v) is 9.98. The number of likely N-dealkylation sites (tertiary alicyclic amines) is 1. The van der Waals surface area contributed by atoms with Crippen LogP contribution in [0.2, 0.25) is 5.02 Å². The predicted octanol–water partition coefficient (Wildman–Crippen LogP) is 3.78. The summed E-state index contributed by atoms with van der Waals surface area (Å²) in [4.78, 5) is 25.3. The van der Waals surface area contributed by atoms with Crippen LogP contribution in [0.25, 0.3) is 0 Å².